The van der Waals surface area contributed by atoms with Crippen molar-refractivity contribution in [1.29, 1.82) is 0 Å². The Bertz CT molecular complexity index is 298. The van der Waals surface area contributed by atoms with Gasteiger partial charge in [0.25, 0.3) is 0 Å². The van der Waals surface area contributed by atoms with Gasteiger partial charge in [0.15, 0.2) is 0 Å². The van der Waals surface area contributed by atoms with Crippen molar-refractivity contribution in [3.63, 3.8) is 0 Å². The molecule has 1 rings (SSSR count). The van der Waals surface area contributed by atoms with Crippen LogP contribution in [0.4, 0.5) is 0 Å². The normalized spacial score (nSPS) is 12.1. The maximum absolute atomic E-state index is 3.57. The zero-order chi connectivity index (χ0) is 11.5. The van der Waals surface area contributed by atoms with Crippen LogP contribution in [0.3, 0.4) is 0 Å². The summed E-state index contributed by atoms with van der Waals surface area (Å²) >= 11 is 5.44. The third kappa shape index (κ3) is 4.25. The van der Waals surface area contributed by atoms with Crippen LogP contribution >= 0.6 is 27.3 Å². The average Bonchev–Trinajstić information content (AvgIpc) is 2.44. The Kier molecular flexibility index (Phi) is 4.81. The van der Waals surface area contributed by atoms with E-state index < -0.39 is 0 Å². The lowest BCUT2D eigenvalue weighted by atomic mass is 9.87. The van der Waals surface area contributed by atoms with Crippen molar-refractivity contribution in [3.8, 4) is 0 Å². The Labute approximate surface area is 105 Å². The Morgan fingerprint density at radius 1 is 1.47 bits per heavy atom. The van der Waals surface area contributed by atoms with Gasteiger partial charge in [0.2, 0.25) is 0 Å². The van der Waals surface area contributed by atoms with Crippen molar-refractivity contribution in [3.05, 3.63) is 20.3 Å². The van der Waals surface area contributed by atoms with Gasteiger partial charge in [0.1, 0.15) is 0 Å². The molecule has 0 atom stereocenters. The molecule has 0 fully saturated rings. The average molecular weight is 290 g/mol. The largest absolute Gasteiger partial charge is 0.319 e. The molecular weight excluding hydrogens is 270 g/mol. The van der Waals surface area contributed by atoms with Crippen LogP contribution in [-0.2, 0) is 6.42 Å². The van der Waals surface area contributed by atoms with Gasteiger partial charge < -0.3 is 5.32 Å². The van der Waals surface area contributed by atoms with Gasteiger partial charge in [-0.25, -0.2) is 0 Å². The number of aryl methyl sites for hydroxylation is 2. The Morgan fingerprint density at radius 2 is 2.13 bits per heavy atom. The Hall–Kier alpha value is 0.140. The van der Waals surface area contributed by atoms with E-state index in [4.69, 9.17) is 0 Å². The van der Waals surface area contributed by atoms with Crippen molar-refractivity contribution >= 4 is 27.3 Å². The maximum Gasteiger partial charge on any atom is 0.0730 e. The number of rotatable bonds is 5. The van der Waals surface area contributed by atoms with Gasteiger partial charge in [-0.15, -0.1) is 11.3 Å². The van der Waals surface area contributed by atoms with Crippen molar-refractivity contribution < 1.29 is 0 Å². The summed E-state index contributed by atoms with van der Waals surface area (Å²) in [4.78, 5) is 1.49. The molecule has 1 nitrogen and oxygen atoms in total. The van der Waals surface area contributed by atoms with E-state index in [0.29, 0.717) is 5.41 Å². The van der Waals surface area contributed by atoms with E-state index in [9.17, 15) is 0 Å². The molecule has 1 aromatic heterocycles. The standard InChI is InChI=1S/C12H20BrNS/c1-9-7-10(15-11(9)13)5-6-12(2,3)8-14-4/h7,14H,5-6,8H2,1-4H3. The molecule has 0 aliphatic carbocycles. The quantitative estimate of drug-likeness (QED) is 0.864. The second kappa shape index (κ2) is 5.46. The molecule has 0 saturated carbocycles. The van der Waals surface area contributed by atoms with Crippen LogP contribution in [0.2, 0.25) is 0 Å². The van der Waals surface area contributed by atoms with E-state index in [-0.39, 0.29) is 0 Å². The minimum absolute atomic E-state index is 0.388. The van der Waals surface area contributed by atoms with Gasteiger partial charge in [-0.05, 0) is 66.3 Å². The first-order valence-corrected chi connectivity index (χ1v) is 6.95. The van der Waals surface area contributed by atoms with E-state index in [0.717, 1.165) is 6.54 Å². The van der Waals surface area contributed by atoms with Crippen LogP contribution in [-0.4, -0.2) is 13.6 Å². The monoisotopic (exact) mass is 289 g/mol. The molecular formula is C12H20BrNS. The molecule has 1 N–H and O–H groups in total. The van der Waals surface area contributed by atoms with Crippen LogP contribution in [0.5, 0.6) is 0 Å². The topological polar surface area (TPSA) is 12.0 Å². The van der Waals surface area contributed by atoms with E-state index >= 15 is 0 Å². The van der Waals surface area contributed by atoms with Crippen molar-refractivity contribution in [2.45, 2.75) is 33.6 Å². The first kappa shape index (κ1) is 13.2. The smallest absolute Gasteiger partial charge is 0.0730 e. The predicted octanol–water partition coefficient (Wildman–Crippen LogP) is 4.00. The van der Waals surface area contributed by atoms with E-state index in [1.54, 1.807) is 0 Å². The summed E-state index contributed by atoms with van der Waals surface area (Å²) in [6, 6.07) is 2.30. The summed E-state index contributed by atoms with van der Waals surface area (Å²) < 4.78 is 1.28. The van der Waals surface area contributed by atoms with Crippen LogP contribution in [0.1, 0.15) is 30.7 Å². The van der Waals surface area contributed by atoms with Crippen LogP contribution in [0.25, 0.3) is 0 Å². The second-order valence-electron chi connectivity index (χ2n) is 4.86. The lowest BCUT2D eigenvalue weighted by molar-refractivity contribution is 0.325. The highest BCUT2D eigenvalue weighted by atomic mass is 79.9. The fraction of sp³-hybridized carbons (Fsp3) is 0.667. The fourth-order valence-corrected chi connectivity index (χ4v) is 3.30. The van der Waals surface area contributed by atoms with Crippen LogP contribution in [0.15, 0.2) is 9.85 Å². The summed E-state index contributed by atoms with van der Waals surface area (Å²) in [7, 11) is 2.02. The van der Waals surface area contributed by atoms with Gasteiger partial charge in [-0.1, -0.05) is 13.8 Å². The summed E-state index contributed by atoms with van der Waals surface area (Å²) in [6.07, 6.45) is 2.42. The fourth-order valence-electron chi connectivity index (χ4n) is 1.68. The van der Waals surface area contributed by atoms with E-state index in [1.807, 2.05) is 18.4 Å². The molecule has 3 heteroatoms. The molecule has 0 saturated heterocycles. The van der Waals surface area contributed by atoms with Crippen molar-refractivity contribution in [2.24, 2.45) is 5.41 Å². The number of nitrogens with one attached hydrogen (secondary N) is 1. The van der Waals surface area contributed by atoms with Gasteiger partial charge in [-0.3, -0.25) is 0 Å². The molecule has 0 spiro atoms. The number of hydrogen-bond donors (Lipinski definition) is 1. The molecule has 0 radical (unpaired) electrons. The lowest BCUT2D eigenvalue weighted by Gasteiger charge is -2.23. The summed E-state index contributed by atoms with van der Waals surface area (Å²) in [5.41, 5.74) is 1.75. The SMILES string of the molecule is CNCC(C)(C)CCc1cc(C)c(Br)s1. The zero-order valence-electron chi connectivity index (χ0n) is 9.98. The minimum Gasteiger partial charge on any atom is -0.319 e. The van der Waals surface area contributed by atoms with Crippen molar-refractivity contribution in [2.75, 3.05) is 13.6 Å². The van der Waals surface area contributed by atoms with Crippen LogP contribution in [0, 0.1) is 12.3 Å². The third-order valence-electron chi connectivity index (χ3n) is 2.61. The minimum atomic E-state index is 0.388. The summed E-state index contributed by atoms with van der Waals surface area (Å²) in [6.45, 7) is 7.87. The molecule has 0 unspecified atom stereocenters. The summed E-state index contributed by atoms with van der Waals surface area (Å²) in [5.74, 6) is 0. The number of hydrogen-bond acceptors (Lipinski definition) is 2. The molecule has 1 aromatic rings. The third-order valence-corrected chi connectivity index (χ3v) is 4.81. The molecule has 0 aliphatic heterocycles. The molecule has 0 amide bonds. The van der Waals surface area contributed by atoms with Crippen molar-refractivity contribution in [1.82, 2.24) is 5.32 Å². The Balaban J connectivity index is 2.49. The molecule has 86 valence electrons. The highest BCUT2D eigenvalue weighted by Crippen LogP contribution is 2.30. The molecule has 0 aliphatic rings. The zero-order valence-corrected chi connectivity index (χ0v) is 12.4. The summed E-state index contributed by atoms with van der Waals surface area (Å²) in [5, 5.41) is 3.25. The number of thiophene rings is 1. The molecule has 1 heterocycles. The lowest BCUT2D eigenvalue weighted by Crippen LogP contribution is -2.27. The Morgan fingerprint density at radius 3 is 2.60 bits per heavy atom. The van der Waals surface area contributed by atoms with Crippen LogP contribution < -0.4 is 5.32 Å². The van der Waals surface area contributed by atoms with Gasteiger partial charge in [0.05, 0.1) is 3.79 Å². The molecule has 15 heavy (non-hydrogen) atoms. The highest BCUT2D eigenvalue weighted by Gasteiger charge is 2.17. The first-order chi connectivity index (χ1) is 6.94. The number of halogens is 1. The molecule has 0 bridgehead atoms. The first-order valence-electron chi connectivity index (χ1n) is 5.34. The predicted molar refractivity (Wildman–Crippen MR) is 72.8 cm³/mol. The van der Waals surface area contributed by atoms with Gasteiger partial charge in [-0.2, -0.15) is 0 Å². The molecule has 0 aromatic carbocycles. The second-order valence-corrected chi connectivity index (χ2v) is 7.32. The van der Waals surface area contributed by atoms with E-state index in [2.05, 4.69) is 48.1 Å². The van der Waals surface area contributed by atoms with Gasteiger partial charge in [0, 0.05) is 4.88 Å². The van der Waals surface area contributed by atoms with Gasteiger partial charge >= 0.3 is 0 Å². The maximum atomic E-state index is 3.57. The van der Waals surface area contributed by atoms with E-state index in [1.165, 1.54) is 27.1 Å². The highest BCUT2D eigenvalue weighted by molar-refractivity contribution is 9.11.